The van der Waals surface area contributed by atoms with Crippen LogP contribution >= 0.6 is 0 Å². The first-order valence-electron chi connectivity index (χ1n) is 10.6. The molecule has 2 aliphatic heterocycles. The zero-order valence-electron chi connectivity index (χ0n) is 17.5. The third-order valence-electron chi connectivity index (χ3n) is 5.72. The van der Waals surface area contributed by atoms with Crippen molar-refractivity contribution in [1.82, 2.24) is 10.3 Å². The number of nitrogens with one attached hydrogen (secondary N) is 1. The summed E-state index contributed by atoms with van der Waals surface area (Å²) in [5, 5.41) is 4.52. The van der Waals surface area contributed by atoms with Crippen molar-refractivity contribution in [3.8, 4) is 23.0 Å². The van der Waals surface area contributed by atoms with Gasteiger partial charge in [-0.25, -0.2) is 0 Å². The number of aromatic nitrogens is 1. The third kappa shape index (κ3) is 4.52. The van der Waals surface area contributed by atoms with Crippen LogP contribution in [0.4, 0.5) is 0 Å². The van der Waals surface area contributed by atoms with E-state index < -0.39 is 0 Å². The first-order chi connectivity index (χ1) is 15.3. The van der Waals surface area contributed by atoms with E-state index in [-0.39, 0.29) is 6.10 Å². The molecule has 7 nitrogen and oxygen atoms in total. The highest BCUT2D eigenvalue weighted by atomic mass is 16.7. The summed E-state index contributed by atoms with van der Waals surface area (Å²) >= 11 is 0. The second kappa shape index (κ2) is 8.99. The Morgan fingerprint density at radius 3 is 2.90 bits per heavy atom. The van der Waals surface area contributed by atoms with Crippen molar-refractivity contribution in [2.75, 3.05) is 27.1 Å². The molecular weight excluding hydrogens is 396 g/mol. The minimum absolute atomic E-state index is 0.0809. The Morgan fingerprint density at radius 2 is 2.03 bits per heavy atom. The summed E-state index contributed by atoms with van der Waals surface area (Å²) < 4.78 is 28.3. The fraction of sp³-hybridized carbons (Fsp3) is 0.375. The summed E-state index contributed by atoms with van der Waals surface area (Å²) in [6, 6.07) is 14.2. The summed E-state index contributed by atoms with van der Waals surface area (Å²) in [5.41, 5.74) is 2.06. The number of hydrogen-bond donors (Lipinski definition) is 1. The molecule has 0 aliphatic carbocycles. The maximum absolute atomic E-state index is 6.10. The highest BCUT2D eigenvalue weighted by Gasteiger charge is 2.22. The molecule has 0 saturated carbocycles. The van der Waals surface area contributed by atoms with Crippen LogP contribution in [0.15, 0.2) is 48.7 Å². The van der Waals surface area contributed by atoms with E-state index in [4.69, 9.17) is 23.7 Å². The molecule has 2 aliphatic rings. The van der Waals surface area contributed by atoms with Gasteiger partial charge in [-0.05, 0) is 48.7 Å². The van der Waals surface area contributed by atoms with Gasteiger partial charge in [0.15, 0.2) is 11.5 Å². The van der Waals surface area contributed by atoms with Crippen LogP contribution in [0.2, 0.25) is 0 Å². The third-order valence-corrected chi connectivity index (χ3v) is 5.72. The molecular formula is C24H26N2O5. The number of nitrogens with zero attached hydrogens (tertiary/aromatic N) is 1. The monoisotopic (exact) mass is 422 g/mol. The molecule has 0 bridgehead atoms. The minimum Gasteiger partial charge on any atom is -0.495 e. The van der Waals surface area contributed by atoms with Gasteiger partial charge in [-0.3, -0.25) is 4.98 Å². The first-order valence-corrected chi connectivity index (χ1v) is 10.6. The van der Waals surface area contributed by atoms with E-state index in [1.54, 1.807) is 13.3 Å². The van der Waals surface area contributed by atoms with Gasteiger partial charge in [0.1, 0.15) is 18.1 Å². The highest BCUT2D eigenvalue weighted by molar-refractivity contribution is 5.86. The Labute approximate surface area is 181 Å². The van der Waals surface area contributed by atoms with Crippen molar-refractivity contribution in [2.45, 2.75) is 31.5 Å². The van der Waals surface area contributed by atoms with Crippen molar-refractivity contribution >= 4 is 10.9 Å². The highest BCUT2D eigenvalue weighted by Crippen LogP contribution is 2.32. The van der Waals surface area contributed by atoms with Crippen molar-refractivity contribution < 1.29 is 23.7 Å². The quantitative estimate of drug-likeness (QED) is 0.623. The molecule has 0 unspecified atom stereocenters. The maximum Gasteiger partial charge on any atom is 0.231 e. The van der Waals surface area contributed by atoms with E-state index in [1.807, 2.05) is 36.4 Å². The van der Waals surface area contributed by atoms with Gasteiger partial charge in [-0.2, -0.15) is 0 Å². The van der Waals surface area contributed by atoms with Crippen LogP contribution in [0, 0.1) is 0 Å². The number of benzene rings is 2. The lowest BCUT2D eigenvalue weighted by Gasteiger charge is -2.29. The molecule has 1 N–H and O–H groups in total. The molecule has 1 fully saturated rings. The van der Waals surface area contributed by atoms with Crippen LogP contribution in [0.5, 0.6) is 23.0 Å². The molecule has 0 amide bonds. The van der Waals surface area contributed by atoms with Crippen molar-refractivity contribution in [3.05, 3.63) is 54.2 Å². The number of ether oxygens (including phenoxy) is 5. The fourth-order valence-corrected chi connectivity index (χ4v) is 3.93. The summed E-state index contributed by atoms with van der Waals surface area (Å²) in [7, 11) is 1.64. The smallest absolute Gasteiger partial charge is 0.231 e. The van der Waals surface area contributed by atoms with Gasteiger partial charge in [-0.15, -0.1) is 0 Å². The van der Waals surface area contributed by atoms with E-state index in [0.717, 1.165) is 47.5 Å². The van der Waals surface area contributed by atoms with Crippen molar-refractivity contribution in [3.63, 3.8) is 0 Å². The predicted octanol–water partition coefficient (Wildman–Crippen LogP) is 3.69. The van der Waals surface area contributed by atoms with E-state index in [0.29, 0.717) is 31.8 Å². The molecule has 7 heteroatoms. The molecule has 31 heavy (non-hydrogen) atoms. The van der Waals surface area contributed by atoms with Gasteiger partial charge in [0.2, 0.25) is 6.79 Å². The van der Waals surface area contributed by atoms with E-state index in [1.165, 1.54) is 5.56 Å². The molecule has 2 atom stereocenters. The Hall–Kier alpha value is -3.03. The Kier molecular flexibility index (Phi) is 5.78. The average Bonchev–Trinajstić information content (AvgIpc) is 3.29. The first kappa shape index (κ1) is 19.9. The normalized spacial score (nSPS) is 20.0. The lowest BCUT2D eigenvalue weighted by molar-refractivity contribution is -0.0261. The van der Waals surface area contributed by atoms with Crippen LogP contribution in [0.25, 0.3) is 10.9 Å². The van der Waals surface area contributed by atoms with E-state index in [9.17, 15) is 0 Å². The fourth-order valence-electron chi connectivity index (χ4n) is 3.93. The lowest BCUT2D eigenvalue weighted by atomic mass is 10.0. The summed E-state index contributed by atoms with van der Waals surface area (Å²) in [6.07, 6.45) is 3.79. The van der Waals surface area contributed by atoms with Gasteiger partial charge >= 0.3 is 0 Å². The van der Waals surface area contributed by atoms with Crippen LogP contribution in [0.3, 0.4) is 0 Å². The zero-order valence-corrected chi connectivity index (χ0v) is 17.5. The Bertz CT molecular complexity index is 1050. The lowest BCUT2D eigenvalue weighted by Crippen LogP contribution is -2.41. The molecule has 3 heterocycles. The molecule has 3 aromatic rings. The van der Waals surface area contributed by atoms with Crippen molar-refractivity contribution in [2.24, 2.45) is 0 Å². The Balaban J connectivity index is 1.11. The Morgan fingerprint density at radius 1 is 1.10 bits per heavy atom. The second-order valence-corrected chi connectivity index (χ2v) is 7.81. The van der Waals surface area contributed by atoms with Crippen LogP contribution in [-0.2, 0) is 11.3 Å². The average molecular weight is 422 g/mol. The van der Waals surface area contributed by atoms with Crippen LogP contribution < -0.4 is 24.3 Å². The van der Waals surface area contributed by atoms with Gasteiger partial charge in [0, 0.05) is 18.0 Å². The zero-order chi connectivity index (χ0) is 21.0. The van der Waals surface area contributed by atoms with Crippen molar-refractivity contribution in [1.29, 1.82) is 0 Å². The number of methoxy groups -OCH3 is 1. The number of fused-ring (bicyclic) bond motifs is 2. The second-order valence-electron chi connectivity index (χ2n) is 7.81. The summed E-state index contributed by atoms with van der Waals surface area (Å²) in [4.78, 5) is 4.42. The summed E-state index contributed by atoms with van der Waals surface area (Å²) in [6.45, 7) is 2.26. The number of hydrogen-bond acceptors (Lipinski definition) is 7. The van der Waals surface area contributed by atoms with Gasteiger partial charge in [0.05, 0.1) is 31.5 Å². The van der Waals surface area contributed by atoms with Crippen LogP contribution in [0.1, 0.15) is 18.4 Å². The molecule has 2 aromatic carbocycles. The molecule has 1 saturated heterocycles. The maximum atomic E-state index is 6.10. The van der Waals surface area contributed by atoms with Gasteiger partial charge in [0.25, 0.3) is 0 Å². The van der Waals surface area contributed by atoms with Gasteiger partial charge in [-0.1, -0.05) is 12.1 Å². The standard InChI is InChI=1S/C24H26N2O5/c1-27-19-10-20-21(26-12-19)3-2-4-22(20)29-14-18-7-6-17(13-28-18)25-11-16-5-8-23-24(9-16)31-15-30-23/h2-5,8-10,12,17-18,25H,6-7,11,13-15H2,1H3/t17-,18+/m1/s1. The van der Waals surface area contributed by atoms with Gasteiger partial charge < -0.3 is 29.0 Å². The molecule has 1 aromatic heterocycles. The SMILES string of the molecule is COc1cnc2cccc(OC[C@@H]3CC[C@@H](NCc4ccc5c(c4)OCO5)CO3)c2c1. The van der Waals surface area contributed by atoms with E-state index >= 15 is 0 Å². The topological polar surface area (TPSA) is 71.1 Å². The largest absolute Gasteiger partial charge is 0.495 e. The molecule has 0 radical (unpaired) electrons. The minimum atomic E-state index is 0.0809. The van der Waals surface area contributed by atoms with E-state index in [2.05, 4.69) is 16.4 Å². The molecule has 162 valence electrons. The summed E-state index contributed by atoms with van der Waals surface area (Å²) in [5.74, 6) is 3.15. The number of pyridine rings is 1. The molecule has 0 spiro atoms. The molecule has 5 rings (SSSR count). The predicted molar refractivity (Wildman–Crippen MR) is 116 cm³/mol. The van der Waals surface area contributed by atoms with Crippen LogP contribution in [-0.4, -0.2) is 44.2 Å². The number of rotatable bonds is 7.